The Balaban J connectivity index is 2.04. The molecule has 1 aromatic carbocycles. The van der Waals surface area contributed by atoms with Crippen LogP contribution >= 0.6 is 0 Å². The summed E-state index contributed by atoms with van der Waals surface area (Å²) in [6.07, 6.45) is 2.41. The number of aromatic amines is 1. The molecule has 0 unspecified atom stereocenters. The van der Waals surface area contributed by atoms with Gasteiger partial charge in [-0.05, 0) is 23.6 Å². The smallest absolute Gasteiger partial charge is 0.216 e. The SMILES string of the molecule is CC(=O)NCCc1c(-c2ccccc2)[nH]c2nc[c]cc12. The highest BCUT2D eigenvalue weighted by atomic mass is 16.1. The quantitative estimate of drug-likeness (QED) is 0.771. The van der Waals surface area contributed by atoms with E-state index in [1.54, 1.807) is 6.20 Å². The van der Waals surface area contributed by atoms with Crippen molar-refractivity contribution in [1.29, 1.82) is 0 Å². The maximum Gasteiger partial charge on any atom is 0.216 e. The molecule has 0 aliphatic heterocycles. The minimum Gasteiger partial charge on any atom is -0.356 e. The molecular weight excluding hydrogens is 262 g/mol. The number of fused-ring (bicyclic) bond motifs is 1. The molecule has 4 nitrogen and oxygen atoms in total. The number of aromatic nitrogens is 2. The number of benzene rings is 1. The van der Waals surface area contributed by atoms with Gasteiger partial charge in [-0.2, -0.15) is 0 Å². The first-order chi connectivity index (χ1) is 10.3. The predicted molar refractivity (Wildman–Crippen MR) is 82.8 cm³/mol. The summed E-state index contributed by atoms with van der Waals surface area (Å²) in [5.74, 6) is -0.0132. The Morgan fingerprint density at radius 3 is 2.90 bits per heavy atom. The van der Waals surface area contributed by atoms with Crippen molar-refractivity contribution in [2.45, 2.75) is 13.3 Å². The molecule has 105 valence electrons. The molecular formula is C17H16N3O. The number of amides is 1. The Labute approximate surface area is 123 Å². The first-order valence-corrected chi connectivity index (χ1v) is 6.92. The second kappa shape index (κ2) is 5.79. The molecule has 2 N–H and O–H groups in total. The second-order valence-electron chi connectivity index (χ2n) is 4.91. The highest BCUT2D eigenvalue weighted by Gasteiger charge is 2.13. The molecule has 2 aromatic heterocycles. The van der Waals surface area contributed by atoms with Gasteiger partial charge in [0.05, 0.1) is 5.69 Å². The van der Waals surface area contributed by atoms with Crippen molar-refractivity contribution in [3.8, 4) is 11.3 Å². The van der Waals surface area contributed by atoms with Crippen LogP contribution in [0.5, 0.6) is 0 Å². The Morgan fingerprint density at radius 2 is 2.14 bits per heavy atom. The van der Waals surface area contributed by atoms with E-state index in [0.717, 1.165) is 34.3 Å². The number of H-pyrrole nitrogens is 1. The lowest BCUT2D eigenvalue weighted by atomic mass is 10.0. The molecule has 0 aliphatic rings. The molecule has 0 spiro atoms. The average molecular weight is 278 g/mol. The molecule has 0 atom stereocenters. The van der Waals surface area contributed by atoms with Gasteiger partial charge in [-0.3, -0.25) is 4.79 Å². The minimum absolute atomic E-state index is 0.0132. The number of nitrogens with zero attached hydrogens (tertiary/aromatic N) is 1. The normalized spacial score (nSPS) is 10.7. The molecule has 3 rings (SSSR count). The number of hydrogen-bond donors (Lipinski definition) is 2. The summed E-state index contributed by atoms with van der Waals surface area (Å²) >= 11 is 0. The molecule has 0 bridgehead atoms. The van der Waals surface area contributed by atoms with E-state index in [4.69, 9.17) is 0 Å². The molecule has 0 fully saturated rings. The molecule has 3 aromatic rings. The van der Waals surface area contributed by atoms with E-state index in [1.165, 1.54) is 6.92 Å². The lowest BCUT2D eigenvalue weighted by molar-refractivity contribution is -0.118. The zero-order chi connectivity index (χ0) is 14.7. The van der Waals surface area contributed by atoms with E-state index in [2.05, 4.69) is 33.5 Å². The Hall–Kier alpha value is -2.62. The summed E-state index contributed by atoms with van der Waals surface area (Å²) in [6.45, 7) is 2.14. The van der Waals surface area contributed by atoms with Crippen LogP contribution in [0, 0.1) is 6.07 Å². The second-order valence-corrected chi connectivity index (χ2v) is 4.91. The topological polar surface area (TPSA) is 57.8 Å². The van der Waals surface area contributed by atoms with Crippen molar-refractivity contribution < 1.29 is 4.79 Å². The number of nitrogens with one attached hydrogen (secondary N) is 2. The lowest BCUT2D eigenvalue weighted by Crippen LogP contribution is -2.22. The maximum absolute atomic E-state index is 11.1. The van der Waals surface area contributed by atoms with Gasteiger partial charge in [0.1, 0.15) is 5.65 Å². The van der Waals surface area contributed by atoms with Gasteiger partial charge in [0, 0.05) is 31.1 Å². The maximum atomic E-state index is 11.1. The van der Waals surface area contributed by atoms with Crippen LogP contribution in [0.15, 0.2) is 42.6 Å². The lowest BCUT2D eigenvalue weighted by Gasteiger charge is -2.06. The summed E-state index contributed by atoms with van der Waals surface area (Å²) in [5.41, 5.74) is 4.19. The van der Waals surface area contributed by atoms with Crippen molar-refractivity contribution >= 4 is 16.9 Å². The van der Waals surface area contributed by atoms with Gasteiger partial charge in [0.25, 0.3) is 0 Å². The van der Waals surface area contributed by atoms with Gasteiger partial charge in [-0.1, -0.05) is 30.3 Å². The molecule has 4 heteroatoms. The van der Waals surface area contributed by atoms with Gasteiger partial charge in [-0.25, -0.2) is 4.98 Å². The molecule has 2 heterocycles. The van der Waals surface area contributed by atoms with Crippen molar-refractivity contribution in [2.75, 3.05) is 6.54 Å². The third kappa shape index (κ3) is 2.79. The summed E-state index contributed by atoms with van der Waals surface area (Å²) in [7, 11) is 0. The monoisotopic (exact) mass is 278 g/mol. The van der Waals surface area contributed by atoms with Gasteiger partial charge in [0.2, 0.25) is 5.91 Å². The van der Waals surface area contributed by atoms with Crippen LogP contribution in [0.2, 0.25) is 0 Å². The van der Waals surface area contributed by atoms with Crippen molar-refractivity contribution in [1.82, 2.24) is 15.3 Å². The van der Waals surface area contributed by atoms with Crippen LogP contribution in [0.25, 0.3) is 22.3 Å². The molecule has 0 saturated heterocycles. The van der Waals surface area contributed by atoms with Gasteiger partial charge in [0.15, 0.2) is 0 Å². The standard InChI is InChI=1S/C17H16N3O/c1-12(21)18-11-9-14-15-8-5-10-19-17(15)20-16(14)13-6-3-2-4-7-13/h2-4,6-8,10H,9,11H2,1H3,(H,18,21)(H,19,20). The Morgan fingerprint density at radius 1 is 1.33 bits per heavy atom. The van der Waals surface area contributed by atoms with Gasteiger partial charge in [-0.15, -0.1) is 0 Å². The van der Waals surface area contributed by atoms with E-state index in [-0.39, 0.29) is 5.91 Å². The Bertz CT molecular complexity index is 762. The largest absolute Gasteiger partial charge is 0.356 e. The highest BCUT2D eigenvalue weighted by molar-refractivity contribution is 5.88. The van der Waals surface area contributed by atoms with E-state index < -0.39 is 0 Å². The van der Waals surface area contributed by atoms with Crippen LogP contribution in [0.4, 0.5) is 0 Å². The summed E-state index contributed by atoms with van der Waals surface area (Å²) in [5, 5.41) is 3.90. The highest BCUT2D eigenvalue weighted by Crippen LogP contribution is 2.29. The summed E-state index contributed by atoms with van der Waals surface area (Å²) in [6, 6.07) is 15.1. The number of rotatable bonds is 4. The van der Waals surface area contributed by atoms with Crippen molar-refractivity contribution in [3.05, 3.63) is 54.2 Å². The van der Waals surface area contributed by atoms with Crippen LogP contribution in [-0.2, 0) is 11.2 Å². The summed E-state index contributed by atoms with van der Waals surface area (Å²) in [4.78, 5) is 18.8. The zero-order valence-electron chi connectivity index (χ0n) is 11.8. The summed E-state index contributed by atoms with van der Waals surface area (Å²) < 4.78 is 0. The van der Waals surface area contributed by atoms with E-state index in [9.17, 15) is 4.79 Å². The van der Waals surface area contributed by atoms with Crippen molar-refractivity contribution in [2.24, 2.45) is 0 Å². The fourth-order valence-corrected chi connectivity index (χ4v) is 2.49. The van der Waals surface area contributed by atoms with E-state index >= 15 is 0 Å². The first-order valence-electron chi connectivity index (χ1n) is 6.92. The molecule has 0 saturated carbocycles. The number of carbonyl (C=O) groups is 1. The number of hydrogen-bond acceptors (Lipinski definition) is 2. The molecule has 1 radical (unpaired) electrons. The van der Waals surface area contributed by atoms with E-state index in [0.29, 0.717) is 6.54 Å². The van der Waals surface area contributed by atoms with Crippen molar-refractivity contribution in [3.63, 3.8) is 0 Å². The van der Waals surface area contributed by atoms with E-state index in [1.807, 2.05) is 24.3 Å². The number of carbonyl (C=O) groups excluding carboxylic acids is 1. The fourth-order valence-electron chi connectivity index (χ4n) is 2.49. The first kappa shape index (κ1) is 13.4. The van der Waals surface area contributed by atoms with Gasteiger partial charge >= 0.3 is 0 Å². The minimum atomic E-state index is -0.0132. The van der Waals surface area contributed by atoms with Crippen LogP contribution in [0.3, 0.4) is 0 Å². The third-order valence-electron chi connectivity index (χ3n) is 3.43. The zero-order valence-corrected chi connectivity index (χ0v) is 11.8. The average Bonchev–Trinajstić information content (AvgIpc) is 2.87. The molecule has 21 heavy (non-hydrogen) atoms. The van der Waals surface area contributed by atoms with Crippen LogP contribution in [0.1, 0.15) is 12.5 Å². The molecule has 1 amide bonds. The van der Waals surface area contributed by atoms with Crippen LogP contribution in [-0.4, -0.2) is 22.4 Å². The molecule has 0 aliphatic carbocycles. The third-order valence-corrected chi connectivity index (χ3v) is 3.43. The van der Waals surface area contributed by atoms with Gasteiger partial charge < -0.3 is 10.3 Å². The fraction of sp³-hybridized carbons (Fsp3) is 0.176. The predicted octanol–water partition coefficient (Wildman–Crippen LogP) is 2.71. The number of pyridine rings is 1. The van der Waals surface area contributed by atoms with Crippen LogP contribution < -0.4 is 5.32 Å². The Kier molecular flexibility index (Phi) is 3.69.